The lowest BCUT2D eigenvalue weighted by molar-refractivity contribution is 0.0563. The molecule has 0 bridgehead atoms. The summed E-state index contributed by atoms with van der Waals surface area (Å²) in [6.07, 6.45) is 4.82. The maximum absolute atomic E-state index is 4.23. The van der Waals surface area contributed by atoms with Crippen molar-refractivity contribution in [2.24, 2.45) is 0 Å². The maximum Gasteiger partial charge on any atom is 0.0964 e. The summed E-state index contributed by atoms with van der Waals surface area (Å²) >= 11 is 0. The van der Waals surface area contributed by atoms with E-state index in [1.807, 2.05) is 4.68 Å². The maximum atomic E-state index is 4.23. The molecule has 1 aromatic heterocycles. The molecule has 0 radical (unpaired) electrons. The van der Waals surface area contributed by atoms with Crippen molar-refractivity contribution in [3.63, 3.8) is 0 Å². The lowest BCUT2D eigenvalue weighted by Crippen LogP contribution is -2.55. The van der Waals surface area contributed by atoms with Crippen LogP contribution in [0.25, 0.3) is 0 Å². The number of nitrogens with one attached hydrogen (secondary N) is 1. The molecule has 0 spiro atoms. The second-order valence-corrected chi connectivity index (χ2v) is 6.39. The standard InChI is InChI=1S/C15H28N6/c1-3-16-9-14-11-21(18-17-14)8-7-19-12-15-5-4-6-20(15)10-13(19)2/h11,13,15-16H,3-10,12H2,1-2H3. The van der Waals surface area contributed by atoms with E-state index in [9.17, 15) is 0 Å². The number of fused-ring (bicyclic) bond motifs is 1. The summed E-state index contributed by atoms with van der Waals surface area (Å²) in [5.74, 6) is 0. The SMILES string of the molecule is CCNCc1cn(CCN2CC3CCCN3CC2C)nn1. The third-order valence-corrected chi connectivity index (χ3v) is 4.82. The van der Waals surface area contributed by atoms with Crippen molar-refractivity contribution in [1.82, 2.24) is 30.1 Å². The number of nitrogens with zero attached hydrogens (tertiary/aromatic N) is 5. The van der Waals surface area contributed by atoms with E-state index in [1.165, 1.54) is 32.5 Å². The van der Waals surface area contributed by atoms with Crippen LogP contribution < -0.4 is 5.32 Å². The van der Waals surface area contributed by atoms with Crippen molar-refractivity contribution in [2.75, 3.05) is 32.7 Å². The van der Waals surface area contributed by atoms with E-state index in [0.717, 1.165) is 37.9 Å². The van der Waals surface area contributed by atoms with Gasteiger partial charge in [0.1, 0.15) is 0 Å². The fraction of sp³-hybridized carbons (Fsp3) is 0.867. The number of hydrogen-bond donors (Lipinski definition) is 1. The summed E-state index contributed by atoms with van der Waals surface area (Å²) in [6.45, 7) is 12.0. The Balaban J connectivity index is 1.49. The molecule has 0 aliphatic carbocycles. The van der Waals surface area contributed by atoms with Crippen LogP contribution in [0.3, 0.4) is 0 Å². The molecule has 2 aliphatic rings. The Labute approximate surface area is 127 Å². The number of hydrogen-bond acceptors (Lipinski definition) is 5. The molecule has 1 aromatic rings. The van der Waals surface area contributed by atoms with Gasteiger partial charge in [0.05, 0.1) is 12.2 Å². The molecule has 2 fully saturated rings. The molecule has 0 amide bonds. The lowest BCUT2D eigenvalue weighted by atomic mass is 10.1. The highest BCUT2D eigenvalue weighted by Crippen LogP contribution is 2.24. The minimum atomic E-state index is 0.657. The van der Waals surface area contributed by atoms with Gasteiger partial charge in [0.25, 0.3) is 0 Å². The second-order valence-electron chi connectivity index (χ2n) is 6.39. The van der Waals surface area contributed by atoms with Crippen molar-refractivity contribution in [2.45, 2.75) is 51.9 Å². The minimum absolute atomic E-state index is 0.657. The van der Waals surface area contributed by atoms with Gasteiger partial charge in [-0.2, -0.15) is 0 Å². The second kappa shape index (κ2) is 6.85. The summed E-state index contributed by atoms with van der Waals surface area (Å²) in [5, 5.41) is 11.7. The van der Waals surface area contributed by atoms with E-state index in [2.05, 4.69) is 45.5 Å². The number of rotatable bonds is 6. The molecule has 1 N–H and O–H groups in total. The predicted molar refractivity (Wildman–Crippen MR) is 83.0 cm³/mol. The van der Waals surface area contributed by atoms with Crippen molar-refractivity contribution in [3.8, 4) is 0 Å². The highest BCUT2D eigenvalue weighted by atomic mass is 15.4. The summed E-state index contributed by atoms with van der Waals surface area (Å²) in [4.78, 5) is 5.29. The highest BCUT2D eigenvalue weighted by Gasteiger charge is 2.33. The van der Waals surface area contributed by atoms with Gasteiger partial charge in [0.15, 0.2) is 0 Å². The van der Waals surface area contributed by atoms with Crippen molar-refractivity contribution in [3.05, 3.63) is 11.9 Å². The van der Waals surface area contributed by atoms with Gasteiger partial charge in [-0.25, -0.2) is 0 Å². The fourth-order valence-electron chi connectivity index (χ4n) is 3.57. The van der Waals surface area contributed by atoms with Gasteiger partial charge < -0.3 is 5.32 Å². The van der Waals surface area contributed by atoms with E-state index in [1.54, 1.807) is 0 Å². The Bertz CT molecular complexity index is 445. The molecule has 2 unspecified atom stereocenters. The predicted octanol–water partition coefficient (Wildman–Crippen LogP) is 0.556. The van der Waals surface area contributed by atoms with Crippen LogP contribution in [0.5, 0.6) is 0 Å². The first-order valence-electron chi connectivity index (χ1n) is 8.34. The first-order valence-corrected chi connectivity index (χ1v) is 8.34. The van der Waals surface area contributed by atoms with Gasteiger partial charge in [-0.05, 0) is 32.9 Å². The Morgan fingerprint density at radius 1 is 1.33 bits per heavy atom. The molecule has 2 atom stereocenters. The first-order chi connectivity index (χ1) is 10.3. The van der Waals surface area contributed by atoms with Crippen LogP contribution in [0.4, 0.5) is 0 Å². The Morgan fingerprint density at radius 3 is 3.10 bits per heavy atom. The lowest BCUT2D eigenvalue weighted by Gasteiger charge is -2.42. The van der Waals surface area contributed by atoms with E-state index in [0.29, 0.717) is 6.04 Å². The average molecular weight is 292 g/mol. The van der Waals surface area contributed by atoms with E-state index in [4.69, 9.17) is 0 Å². The molecule has 6 heteroatoms. The summed E-state index contributed by atoms with van der Waals surface area (Å²) < 4.78 is 1.99. The van der Waals surface area contributed by atoms with Crippen molar-refractivity contribution >= 4 is 0 Å². The molecule has 118 valence electrons. The van der Waals surface area contributed by atoms with Crippen molar-refractivity contribution in [1.29, 1.82) is 0 Å². The smallest absolute Gasteiger partial charge is 0.0964 e. The van der Waals surface area contributed by atoms with Gasteiger partial charge in [-0.15, -0.1) is 5.10 Å². The molecule has 2 aliphatic heterocycles. The molecular formula is C15H28N6. The molecule has 21 heavy (non-hydrogen) atoms. The van der Waals surface area contributed by atoms with Gasteiger partial charge in [0.2, 0.25) is 0 Å². The first kappa shape index (κ1) is 14.9. The van der Waals surface area contributed by atoms with Gasteiger partial charge >= 0.3 is 0 Å². The van der Waals surface area contributed by atoms with Crippen LogP contribution in [-0.2, 0) is 13.1 Å². The Morgan fingerprint density at radius 2 is 2.24 bits per heavy atom. The molecule has 3 heterocycles. The van der Waals surface area contributed by atoms with E-state index in [-0.39, 0.29) is 0 Å². The van der Waals surface area contributed by atoms with Crippen LogP contribution in [0.2, 0.25) is 0 Å². The van der Waals surface area contributed by atoms with Gasteiger partial charge in [-0.1, -0.05) is 12.1 Å². The molecule has 0 aromatic carbocycles. The Kier molecular flexibility index (Phi) is 4.87. The van der Waals surface area contributed by atoms with Crippen molar-refractivity contribution < 1.29 is 0 Å². The fourth-order valence-corrected chi connectivity index (χ4v) is 3.57. The van der Waals surface area contributed by atoms with Crippen LogP contribution in [0.15, 0.2) is 6.20 Å². The minimum Gasteiger partial charge on any atom is -0.311 e. The van der Waals surface area contributed by atoms with Gasteiger partial charge in [0, 0.05) is 44.5 Å². The largest absolute Gasteiger partial charge is 0.311 e. The number of aromatic nitrogens is 3. The third-order valence-electron chi connectivity index (χ3n) is 4.82. The molecule has 2 saturated heterocycles. The summed E-state index contributed by atoms with van der Waals surface area (Å²) in [5.41, 5.74) is 1.03. The van der Waals surface area contributed by atoms with Crippen LogP contribution in [0, 0.1) is 0 Å². The highest BCUT2D eigenvalue weighted by molar-refractivity contribution is 4.93. The molecule has 6 nitrogen and oxygen atoms in total. The van der Waals surface area contributed by atoms with Crippen LogP contribution in [0.1, 0.15) is 32.4 Å². The molecular weight excluding hydrogens is 264 g/mol. The third kappa shape index (κ3) is 3.62. The number of piperazine rings is 1. The summed E-state index contributed by atoms with van der Waals surface area (Å²) in [6, 6.07) is 1.45. The Hall–Kier alpha value is -0.980. The average Bonchev–Trinajstić information content (AvgIpc) is 3.11. The topological polar surface area (TPSA) is 49.2 Å². The van der Waals surface area contributed by atoms with Crippen LogP contribution in [-0.4, -0.2) is 69.6 Å². The zero-order chi connectivity index (χ0) is 14.7. The van der Waals surface area contributed by atoms with E-state index >= 15 is 0 Å². The monoisotopic (exact) mass is 292 g/mol. The quantitative estimate of drug-likeness (QED) is 0.830. The van der Waals surface area contributed by atoms with E-state index < -0.39 is 0 Å². The molecule has 0 saturated carbocycles. The molecule has 3 rings (SSSR count). The van der Waals surface area contributed by atoms with Crippen LogP contribution >= 0.6 is 0 Å². The zero-order valence-electron chi connectivity index (χ0n) is 13.3. The summed E-state index contributed by atoms with van der Waals surface area (Å²) in [7, 11) is 0. The normalized spacial score (nSPS) is 27.1. The zero-order valence-corrected chi connectivity index (χ0v) is 13.3. The van der Waals surface area contributed by atoms with Gasteiger partial charge in [-0.3, -0.25) is 14.5 Å².